The van der Waals surface area contributed by atoms with Gasteiger partial charge in [0.05, 0.1) is 15.1 Å². The number of fused-ring (bicyclic) bond motifs is 1. The Morgan fingerprint density at radius 3 is 3.17 bits per heavy atom. The van der Waals surface area contributed by atoms with Crippen molar-refractivity contribution in [3.05, 3.63) is 23.0 Å². The van der Waals surface area contributed by atoms with Gasteiger partial charge >= 0.3 is 0 Å². The minimum Gasteiger partial charge on any atom is -0.297 e. The van der Waals surface area contributed by atoms with Gasteiger partial charge in [0.1, 0.15) is 5.82 Å². The van der Waals surface area contributed by atoms with Gasteiger partial charge in [-0.1, -0.05) is 0 Å². The molecule has 2 rings (SSSR count). The summed E-state index contributed by atoms with van der Waals surface area (Å²) in [5.74, 6) is 0.734. The molecule has 0 unspecified atom stereocenters. The van der Waals surface area contributed by atoms with Gasteiger partial charge in [-0.3, -0.25) is 4.79 Å². The van der Waals surface area contributed by atoms with E-state index in [9.17, 15) is 4.79 Å². The van der Waals surface area contributed by atoms with E-state index in [1.54, 1.807) is 12.3 Å². The molecule has 0 aromatic carbocycles. The number of nitrogens with zero attached hydrogens (tertiary/aromatic N) is 2. The van der Waals surface area contributed by atoms with Gasteiger partial charge in [-0.25, -0.2) is 9.97 Å². The average molecular weight is 178 g/mol. The SMILES string of the molecule is Cc1ncc2sc(C=O)cc2n1. The molecule has 3 nitrogen and oxygen atoms in total. The number of carbonyl (C=O) groups excluding carboxylic acids is 1. The molecule has 0 atom stereocenters. The van der Waals surface area contributed by atoms with Gasteiger partial charge in [0.2, 0.25) is 0 Å². The molecule has 12 heavy (non-hydrogen) atoms. The van der Waals surface area contributed by atoms with Crippen LogP contribution in [-0.2, 0) is 0 Å². The molecule has 4 heteroatoms. The minimum atomic E-state index is 0.699. The van der Waals surface area contributed by atoms with E-state index in [-0.39, 0.29) is 0 Å². The molecule has 0 saturated carbocycles. The van der Waals surface area contributed by atoms with Crippen molar-refractivity contribution in [1.29, 1.82) is 0 Å². The van der Waals surface area contributed by atoms with Crippen LogP contribution in [-0.4, -0.2) is 16.3 Å². The molecule has 0 fully saturated rings. The van der Waals surface area contributed by atoms with Crippen LogP contribution >= 0.6 is 11.3 Å². The number of rotatable bonds is 1. The second kappa shape index (κ2) is 2.64. The summed E-state index contributed by atoms with van der Waals surface area (Å²) < 4.78 is 0.961. The summed E-state index contributed by atoms with van der Waals surface area (Å²) in [6.45, 7) is 1.83. The Hall–Kier alpha value is -1.29. The maximum absolute atomic E-state index is 10.4. The third-order valence-electron chi connectivity index (χ3n) is 1.53. The van der Waals surface area contributed by atoms with E-state index in [1.807, 2.05) is 6.92 Å². The molecular formula is C8H6N2OS. The van der Waals surface area contributed by atoms with Gasteiger partial charge in [0.15, 0.2) is 6.29 Å². The number of hydrogen-bond acceptors (Lipinski definition) is 4. The molecule has 0 aliphatic carbocycles. The highest BCUT2D eigenvalue weighted by molar-refractivity contribution is 7.20. The summed E-state index contributed by atoms with van der Waals surface area (Å²) >= 11 is 1.41. The van der Waals surface area contributed by atoms with Crippen molar-refractivity contribution in [2.45, 2.75) is 6.92 Å². The van der Waals surface area contributed by atoms with E-state index >= 15 is 0 Å². The average Bonchev–Trinajstić information content (AvgIpc) is 2.46. The van der Waals surface area contributed by atoms with Crippen molar-refractivity contribution in [3.63, 3.8) is 0 Å². The number of aromatic nitrogens is 2. The van der Waals surface area contributed by atoms with Crippen LogP contribution in [0.3, 0.4) is 0 Å². The first-order valence-corrected chi connectivity index (χ1v) is 4.29. The number of hydrogen-bond donors (Lipinski definition) is 0. The van der Waals surface area contributed by atoms with Gasteiger partial charge in [-0.2, -0.15) is 0 Å². The quantitative estimate of drug-likeness (QED) is 0.625. The zero-order valence-corrected chi connectivity index (χ0v) is 7.26. The summed E-state index contributed by atoms with van der Waals surface area (Å²) in [6, 6.07) is 1.78. The molecule has 0 saturated heterocycles. The first-order chi connectivity index (χ1) is 5.79. The van der Waals surface area contributed by atoms with Crippen LogP contribution in [0.25, 0.3) is 10.2 Å². The van der Waals surface area contributed by atoms with Crippen LogP contribution in [0.2, 0.25) is 0 Å². The van der Waals surface area contributed by atoms with Gasteiger partial charge in [-0.15, -0.1) is 11.3 Å². The molecule has 2 aromatic heterocycles. The maximum Gasteiger partial charge on any atom is 0.160 e. The Bertz CT molecular complexity index is 436. The number of thiophene rings is 1. The van der Waals surface area contributed by atoms with Crippen LogP contribution < -0.4 is 0 Å². The summed E-state index contributed by atoms with van der Waals surface area (Å²) in [7, 11) is 0. The van der Waals surface area contributed by atoms with Crippen LogP contribution in [0.1, 0.15) is 15.5 Å². The van der Waals surface area contributed by atoms with Crippen molar-refractivity contribution in [2.24, 2.45) is 0 Å². The lowest BCUT2D eigenvalue weighted by atomic mass is 10.4. The summed E-state index contributed by atoms with van der Waals surface area (Å²) in [5, 5.41) is 0. The van der Waals surface area contributed by atoms with Crippen molar-refractivity contribution in [1.82, 2.24) is 9.97 Å². The fraction of sp³-hybridized carbons (Fsp3) is 0.125. The van der Waals surface area contributed by atoms with Crippen LogP contribution in [0.5, 0.6) is 0 Å². The van der Waals surface area contributed by atoms with Crippen LogP contribution in [0, 0.1) is 6.92 Å². The third kappa shape index (κ3) is 1.10. The predicted octanol–water partition coefficient (Wildman–Crippen LogP) is 1.81. The first-order valence-electron chi connectivity index (χ1n) is 3.48. The monoisotopic (exact) mass is 178 g/mol. The summed E-state index contributed by atoms with van der Waals surface area (Å²) in [5.41, 5.74) is 0.856. The van der Waals surface area contributed by atoms with Crippen molar-refractivity contribution in [2.75, 3.05) is 0 Å². The molecule has 0 amide bonds. The third-order valence-corrected chi connectivity index (χ3v) is 2.51. The number of aldehydes is 1. The van der Waals surface area contributed by atoms with Crippen LogP contribution in [0.15, 0.2) is 12.3 Å². The smallest absolute Gasteiger partial charge is 0.160 e. The molecule has 0 radical (unpaired) electrons. The van der Waals surface area contributed by atoms with Crippen molar-refractivity contribution < 1.29 is 4.79 Å². The molecule has 2 aromatic rings. The zero-order chi connectivity index (χ0) is 8.55. The van der Waals surface area contributed by atoms with E-state index in [2.05, 4.69) is 9.97 Å². The lowest BCUT2D eigenvalue weighted by molar-refractivity contribution is 0.112. The van der Waals surface area contributed by atoms with E-state index in [0.717, 1.165) is 22.3 Å². The van der Waals surface area contributed by atoms with E-state index in [4.69, 9.17) is 0 Å². The molecular weight excluding hydrogens is 172 g/mol. The Kier molecular flexibility index (Phi) is 1.62. The van der Waals surface area contributed by atoms with E-state index in [1.165, 1.54) is 11.3 Å². The van der Waals surface area contributed by atoms with Gasteiger partial charge in [0, 0.05) is 6.20 Å². The largest absolute Gasteiger partial charge is 0.297 e. The zero-order valence-electron chi connectivity index (χ0n) is 6.44. The Morgan fingerprint density at radius 2 is 2.42 bits per heavy atom. The Labute approximate surface area is 73.1 Å². The highest BCUT2D eigenvalue weighted by Gasteiger charge is 2.01. The Balaban J connectivity index is 2.75. The number of aryl methyl sites for hydroxylation is 1. The molecule has 0 spiro atoms. The fourth-order valence-electron chi connectivity index (χ4n) is 1.01. The molecule has 0 aliphatic heterocycles. The fourth-order valence-corrected chi connectivity index (χ4v) is 1.79. The first kappa shape index (κ1) is 7.36. The summed E-state index contributed by atoms with van der Waals surface area (Å²) in [4.78, 5) is 19.3. The topological polar surface area (TPSA) is 42.9 Å². The van der Waals surface area contributed by atoms with Gasteiger partial charge < -0.3 is 0 Å². The normalized spacial score (nSPS) is 10.4. The lowest BCUT2D eigenvalue weighted by Crippen LogP contribution is -1.83. The number of carbonyl (C=O) groups is 1. The lowest BCUT2D eigenvalue weighted by Gasteiger charge is -1.88. The van der Waals surface area contributed by atoms with E-state index < -0.39 is 0 Å². The Morgan fingerprint density at radius 1 is 1.58 bits per heavy atom. The second-order valence-corrected chi connectivity index (χ2v) is 3.55. The summed E-state index contributed by atoms with van der Waals surface area (Å²) in [6.07, 6.45) is 2.58. The van der Waals surface area contributed by atoms with Gasteiger partial charge in [-0.05, 0) is 13.0 Å². The highest BCUT2D eigenvalue weighted by atomic mass is 32.1. The minimum absolute atomic E-state index is 0.699. The standard InChI is InChI=1S/C8H6N2OS/c1-5-9-3-8-7(10-5)2-6(4-11)12-8/h2-4H,1H3. The van der Waals surface area contributed by atoms with Crippen molar-refractivity contribution >= 4 is 27.8 Å². The highest BCUT2D eigenvalue weighted by Crippen LogP contribution is 2.21. The maximum atomic E-state index is 10.4. The second-order valence-electron chi connectivity index (χ2n) is 2.43. The van der Waals surface area contributed by atoms with E-state index in [0.29, 0.717) is 4.88 Å². The van der Waals surface area contributed by atoms with Crippen LogP contribution in [0.4, 0.5) is 0 Å². The molecule has 60 valence electrons. The molecule has 0 N–H and O–H groups in total. The van der Waals surface area contributed by atoms with Gasteiger partial charge in [0.25, 0.3) is 0 Å². The molecule has 0 bridgehead atoms. The molecule has 2 heterocycles. The molecule has 0 aliphatic rings. The van der Waals surface area contributed by atoms with Crippen molar-refractivity contribution in [3.8, 4) is 0 Å². The predicted molar refractivity (Wildman–Crippen MR) is 47.5 cm³/mol.